The standard InChI is InChI=1S/C18H17N7O/c19-18(26)14-9-21-22-16(14)10-20-13-5-3-4-12(8-13)11-25-17-7-2-1-6-15(17)23-24-25/h1-9,20H,10-11H2,(H2,19,26)(H,21,22). The molecule has 0 unspecified atom stereocenters. The summed E-state index contributed by atoms with van der Waals surface area (Å²) >= 11 is 0. The quantitative estimate of drug-likeness (QED) is 0.493. The highest BCUT2D eigenvalue weighted by Gasteiger charge is 2.10. The number of rotatable bonds is 6. The van der Waals surface area contributed by atoms with E-state index in [0.717, 1.165) is 22.3 Å². The van der Waals surface area contributed by atoms with Crippen LogP contribution in [0.4, 0.5) is 5.69 Å². The Morgan fingerprint density at radius 2 is 2.08 bits per heavy atom. The van der Waals surface area contributed by atoms with Gasteiger partial charge < -0.3 is 11.1 Å². The summed E-state index contributed by atoms with van der Waals surface area (Å²) in [6, 6.07) is 15.9. The molecule has 2 aromatic heterocycles. The normalized spacial score (nSPS) is 10.9. The molecule has 0 bridgehead atoms. The summed E-state index contributed by atoms with van der Waals surface area (Å²) < 4.78 is 1.87. The summed E-state index contributed by atoms with van der Waals surface area (Å²) in [7, 11) is 0. The van der Waals surface area contributed by atoms with Gasteiger partial charge >= 0.3 is 0 Å². The minimum absolute atomic E-state index is 0.391. The van der Waals surface area contributed by atoms with Crippen LogP contribution in [0.15, 0.2) is 54.7 Å². The number of primary amides is 1. The highest BCUT2D eigenvalue weighted by atomic mass is 16.1. The molecule has 0 fully saturated rings. The molecule has 0 saturated heterocycles. The number of aromatic amines is 1. The number of anilines is 1. The first-order valence-corrected chi connectivity index (χ1v) is 8.14. The lowest BCUT2D eigenvalue weighted by Gasteiger charge is -2.09. The first-order valence-electron chi connectivity index (χ1n) is 8.14. The SMILES string of the molecule is NC(=O)c1cn[nH]c1CNc1cccc(Cn2nnc3ccccc32)c1. The predicted octanol–water partition coefficient (Wildman–Crippen LogP) is 1.91. The van der Waals surface area contributed by atoms with E-state index in [9.17, 15) is 4.79 Å². The van der Waals surface area contributed by atoms with Gasteiger partial charge in [-0.1, -0.05) is 29.5 Å². The minimum atomic E-state index is -0.498. The molecule has 26 heavy (non-hydrogen) atoms. The molecule has 1 amide bonds. The molecule has 0 radical (unpaired) electrons. The van der Waals surface area contributed by atoms with Gasteiger partial charge in [0.25, 0.3) is 5.91 Å². The second-order valence-corrected chi connectivity index (χ2v) is 5.92. The van der Waals surface area contributed by atoms with Crippen LogP contribution in [0.2, 0.25) is 0 Å². The van der Waals surface area contributed by atoms with Crippen molar-refractivity contribution < 1.29 is 4.79 Å². The molecule has 0 saturated carbocycles. The Hall–Kier alpha value is -3.68. The number of benzene rings is 2. The number of nitrogens with zero attached hydrogens (tertiary/aromatic N) is 4. The van der Waals surface area contributed by atoms with E-state index in [1.54, 1.807) is 0 Å². The minimum Gasteiger partial charge on any atom is -0.379 e. The topological polar surface area (TPSA) is 115 Å². The van der Waals surface area contributed by atoms with E-state index < -0.39 is 5.91 Å². The van der Waals surface area contributed by atoms with Crippen LogP contribution >= 0.6 is 0 Å². The van der Waals surface area contributed by atoms with Crippen LogP contribution in [0.5, 0.6) is 0 Å². The Morgan fingerprint density at radius 3 is 2.96 bits per heavy atom. The van der Waals surface area contributed by atoms with Crippen LogP contribution in [0, 0.1) is 0 Å². The van der Waals surface area contributed by atoms with Gasteiger partial charge in [0.15, 0.2) is 0 Å². The number of para-hydroxylation sites is 1. The predicted molar refractivity (Wildman–Crippen MR) is 97.5 cm³/mol. The number of carbonyl (C=O) groups is 1. The molecule has 2 aromatic carbocycles. The molecule has 8 nitrogen and oxygen atoms in total. The van der Waals surface area contributed by atoms with Crippen molar-refractivity contribution in [2.75, 3.05) is 5.32 Å². The number of nitrogens with one attached hydrogen (secondary N) is 2. The first kappa shape index (κ1) is 15.8. The fourth-order valence-corrected chi connectivity index (χ4v) is 2.84. The number of fused-ring (bicyclic) bond motifs is 1. The zero-order valence-corrected chi connectivity index (χ0v) is 13.9. The van der Waals surface area contributed by atoms with Crippen molar-refractivity contribution in [2.45, 2.75) is 13.1 Å². The van der Waals surface area contributed by atoms with Crippen molar-refractivity contribution in [3.05, 3.63) is 71.5 Å². The molecule has 0 aliphatic rings. The largest absolute Gasteiger partial charge is 0.379 e. The number of amides is 1. The number of aromatic nitrogens is 5. The number of H-pyrrole nitrogens is 1. The van der Waals surface area contributed by atoms with Gasteiger partial charge in [-0.2, -0.15) is 5.10 Å². The van der Waals surface area contributed by atoms with Gasteiger partial charge in [0, 0.05) is 5.69 Å². The Bertz CT molecular complexity index is 1070. The molecule has 4 aromatic rings. The molecule has 4 rings (SSSR count). The Balaban J connectivity index is 1.50. The van der Waals surface area contributed by atoms with Gasteiger partial charge in [-0.25, -0.2) is 4.68 Å². The molecule has 8 heteroatoms. The molecule has 4 N–H and O–H groups in total. The summed E-state index contributed by atoms with van der Waals surface area (Å²) in [6.07, 6.45) is 1.44. The first-order chi connectivity index (χ1) is 12.7. The van der Waals surface area contributed by atoms with E-state index >= 15 is 0 Å². The zero-order valence-electron chi connectivity index (χ0n) is 13.9. The smallest absolute Gasteiger partial charge is 0.252 e. The molecule has 130 valence electrons. The van der Waals surface area contributed by atoms with Gasteiger partial charge in [0.05, 0.1) is 36.1 Å². The number of hydrogen-bond acceptors (Lipinski definition) is 5. The van der Waals surface area contributed by atoms with Crippen molar-refractivity contribution in [1.29, 1.82) is 0 Å². The molecule has 0 atom stereocenters. The van der Waals surface area contributed by atoms with Gasteiger partial charge in [-0.15, -0.1) is 5.10 Å². The second kappa shape index (κ2) is 6.67. The molecule has 0 aliphatic heterocycles. The lowest BCUT2D eigenvalue weighted by atomic mass is 10.2. The summed E-state index contributed by atoms with van der Waals surface area (Å²) in [4.78, 5) is 11.4. The maximum Gasteiger partial charge on any atom is 0.252 e. The van der Waals surface area contributed by atoms with Crippen LogP contribution < -0.4 is 11.1 Å². The van der Waals surface area contributed by atoms with Crippen LogP contribution in [0.3, 0.4) is 0 Å². The summed E-state index contributed by atoms with van der Waals surface area (Å²) in [5, 5.41) is 18.3. The zero-order chi connectivity index (χ0) is 17.9. The van der Waals surface area contributed by atoms with Gasteiger partial charge in [0.1, 0.15) is 5.52 Å². The average Bonchev–Trinajstić information content (AvgIpc) is 3.28. The van der Waals surface area contributed by atoms with Crippen molar-refractivity contribution in [2.24, 2.45) is 5.73 Å². The number of nitrogens with two attached hydrogens (primary N) is 1. The van der Waals surface area contributed by atoms with Gasteiger partial charge in [-0.05, 0) is 29.8 Å². The van der Waals surface area contributed by atoms with Crippen LogP contribution in [0.25, 0.3) is 11.0 Å². The Labute approximate surface area is 149 Å². The van der Waals surface area contributed by atoms with Crippen molar-refractivity contribution in [1.82, 2.24) is 25.2 Å². The highest BCUT2D eigenvalue weighted by Crippen LogP contribution is 2.16. The van der Waals surface area contributed by atoms with Crippen LogP contribution in [-0.2, 0) is 13.1 Å². The average molecular weight is 347 g/mol. The summed E-state index contributed by atoms with van der Waals surface area (Å²) in [6.45, 7) is 1.04. The number of carbonyl (C=O) groups excluding carboxylic acids is 1. The maximum atomic E-state index is 11.4. The molecular weight excluding hydrogens is 330 g/mol. The molecule has 0 aliphatic carbocycles. The van der Waals surface area contributed by atoms with Crippen LogP contribution in [0.1, 0.15) is 21.6 Å². The summed E-state index contributed by atoms with van der Waals surface area (Å²) in [5.74, 6) is -0.498. The van der Waals surface area contributed by atoms with Gasteiger partial charge in [-0.3, -0.25) is 9.89 Å². The lowest BCUT2D eigenvalue weighted by Crippen LogP contribution is -2.14. The van der Waals surface area contributed by atoms with E-state index in [1.807, 2.05) is 53.2 Å². The lowest BCUT2D eigenvalue weighted by molar-refractivity contribution is 0.0999. The fourth-order valence-electron chi connectivity index (χ4n) is 2.84. The molecule has 2 heterocycles. The monoisotopic (exact) mass is 347 g/mol. The van der Waals surface area contributed by atoms with Gasteiger partial charge in [0.2, 0.25) is 0 Å². The van der Waals surface area contributed by atoms with E-state index in [-0.39, 0.29) is 0 Å². The molecule has 0 spiro atoms. The van der Waals surface area contributed by atoms with E-state index in [0.29, 0.717) is 24.3 Å². The van der Waals surface area contributed by atoms with E-state index in [1.165, 1.54) is 6.20 Å². The second-order valence-electron chi connectivity index (χ2n) is 5.92. The Morgan fingerprint density at radius 1 is 1.19 bits per heavy atom. The van der Waals surface area contributed by atoms with Crippen molar-refractivity contribution >= 4 is 22.6 Å². The third-order valence-electron chi connectivity index (χ3n) is 4.13. The summed E-state index contributed by atoms with van der Waals surface area (Å²) in [5.41, 5.74) is 10.3. The third-order valence-corrected chi connectivity index (χ3v) is 4.13. The fraction of sp³-hybridized carbons (Fsp3) is 0.111. The van der Waals surface area contributed by atoms with Crippen molar-refractivity contribution in [3.63, 3.8) is 0 Å². The van der Waals surface area contributed by atoms with E-state index in [2.05, 4.69) is 25.8 Å². The van der Waals surface area contributed by atoms with E-state index in [4.69, 9.17) is 5.73 Å². The third kappa shape index (κ3) is 3.12. The number of hydrogen-bond donors (Lipinski definition) is 3. The van der Waals surface area contributed by atoms with Crippen LogP contribution in [-0.4, -0.2) is 31.1 Å². The Kier molecular flexibility index (Phi) is 4.06. The highest BCUT2D eigenvalue weighted by molar-refractivity contribution is 5.93. The van der Waals surface area contributed by atoms with Crippen molar-refractivity contribution in [3.8, 4) is 0 Å². The molecular formula is C18H17N7O. The maximum absolute atomic E-state index is 11.4.